The van der Waals surface area contributed by atoms with Crippen LogP contribution < -0.4 is 10.6 Å². The van der Waals surface area contributed by atoms with Gasteiger partial charge in [-0.2, -0.15) is 0 Å². The monoisotopic (exact) mass is 420 g/mol. The standard InChI is InChI=1S/C26H32N2O3/c1-18-7-12-22(19(2)15-18)24(29)27-20-8-10-21(11-9-20)28-25(30)23-16-26(17-31-23)13-5-3-4-6-14-26/h7-12,15,23H,3-6,13-14,16-17H2,1-2H3,(H,27,29)(H,28,30). The second kappa shape index (κ2) is 9.23. The summed E-state index contributed by atoms with van der Waals surface area (Å²) in [4.78, 5) is 25.3. The number of rotatable bonds is 4. The van der Waals surface area contributed by atoms with Gasteiger partial charge in [0.05, 0.1) is 6.61 Å². The Labute approximate surface area is 184 Å². The molecule has 0 bridgehead atoms. The number of anilines is 2. The number of hydrogen-bond acceptors (Lipinski definition) is 3. The Balaban J connectivity index is 1.33. The number of aryl methyl sites for hydroxylation is 2. The molecule has 1 heterocycles. The molecule has 0 aromatic heterocycles. The fraction of sp³-hybridized carbons (Fsp3) is 0.462. The molecule has 5 nitrogen and oxygen atoms in total. The van der Waals surface area contributed by atoms with E-state index in [2.05, 4.69) is 10.6 Å². The molecular weight excluding hydrogens is 388 g/mol. The predicted molar refractivity (Wildman–Crippen MR) is 123 cm³/mol. The lowest BCUT2D eigenvalue weighted by molar-refractivity contribution is -0.124. The number of ether oxygens (including phenoxy) is 1. The highest BCUT2D eigenvalue weighted by Crippen LogP contribution is 2.44. The molecule has 1 atom stereocenters. The van der Waals surface area contributed by atoms with Crippen LogP contribution in [0, 0.1) is 19.3 Å². The van der Waals surface area contributed by atoms with Gasteiger partial charge >= 0.3 is 0 Å². The molecule has 31 heavy (non-hydrogen) atoms. The number of carbonyl (C=O) groups is 2. The maximum atomic E-state index is 12.7. The van der Waals surface area contributed by atoms with E-state index in [0.29, 0.717) is 23.5 Å². The Bertz CT molecular complexity index is 944. The van der Waals surface area contributed by atoms with Gasteiger partial charge in [0.1, 0.15) is 6.10 Å². The quantitative estimate of drug-likeness (QED) is 0.674. The van der Waals surface area contributed by atoms with Crippen LogP contribution in [0.3, 0.4) is 0 Å². The number of nitrogens with one attached hydrogen (secondary N) is 2. The van der Waals surface area contributed by atoms with Crippen LogP contribution in [0.15, 0.2) is 42.5 Å². The molecule has 2 aromatic rings. The molecule has 2 fully saturated rings. The Morgan fingerprint density at radius 1 is 0.903 bits per heavy atom. The topological polar surface area (TPSA) is 67.4 Å². The highest BCUT2D eigenvalue weighted by Gasteiger charge is 2.42. The van der Waals surface area contributed by atoms with Gasteiger partial charge in [-0.05, 0) is 74.4 Å². The van der Waals surface area contributed by atoms with E-state index >= 15 is 0 Å². The fourth-order valence-corrected chi connectivity index (χ4v) is 4.91. The molecule has 1 spiro atoms. The summed E-state index contributed by atoms with van der Waals surface area (Å²) in [6, 6.07) is 13.0. The summed E-state index contributed by atoms with van der Waals surface area (Å²) in [7, 11) is 0. The molecule has 2 N–H and O–H groups in total. The smallest absolute Gasteiger partial charge is 0.255 e. The average molecular weight is 421 g/mol. The minimum absolute atomic E-state index is 0.0758. The highest BCUT2D eigenvalue weighted by atomic mass is 16.5. The molecule has 1 unspecified atom stereocenters. The Kier molecular flexibility index (Phi) is 6.42. The van der Waals surface area contributed by atoms with Gasteiger partial charge in [-0.1, -0.05) is 43.4 Å². The van der Waals surface area contributed by atoms with E-state index < -0.39 is 0 Å². The lowest BCUT2D eigenvalue weighted by atomic mass is 9.78. The molecule has 5 heteroatoms. The van der Waals surface area contributed by atoms with Crippen LogP contribution in [0.4, 0.5) is 11.4 Å². The third-order valence-corrected chi connectivity index (χ3v) is 6.70. The second-order valence-corrected chi connectivity index (χ2v) is 9.26. The molecule has 2 amide bonds. The fourth-order valence-electron chi connectivity index (χ4n) is 4.91. The minimum Gasteiger partial charge on any atom is -0.368 e. The van der Waals surface area contributed by atoms with E-state index in [4.69, 9.17) is 4.74 Å². The van der Waals surface area contributed by atoms with Gasteiger partial charge in [0.2, 0.25) is 0 Å². The van der Waals surface area contributed by atoms with Gasteiger partial charge in [-0.3, -0.25) is 9.59 Å². The van der Waals surface area contributed by atoms with Crippen molar-refractivity contribution in [2.75, 3.05) is 17.2 Å². The molecule has 1 saturated heterocycles. The molecular formula is C26H32N2O3. The normalized spacial score (nSPS) is 20.3. The first-order valence-electron chi connectivity index (χ1n) is 11.4. The molecule has 2 aromatic carbocycles. The van der Waals surface area contributed by atoms with E-state index in [1.165, 1.54) is 38.5 Å². The van der Waals surface area contributed by atoms with Gasteiger partial charge in [-0.15, -0.1) is 0 Å². The Morgan fingerprint density at radius 2 is 1.55 bits per heavy atom. The van der Waals surface area contributed by atoms with Crippen LogP contribution in [0.2, 0.25) is 0 Å². The SMILES string of the molecule is Cc1ccc(C(=O)Nc2ccc(NC(=O)C3CC4(CCCCCC4)CO3)cc2)c(C)c1. The van der Waals surface area contributed by atoms with Crippen molar-refractivity contribution in [2.24, 2.45) is 5.41 Å². The highest BCUT2D eigenvalue weighted by molar-refractivity contribution is 6.05. The van der Waals surface area contributed by atoms with Crippen molar-refractivity contribution in [3.05, 3.63) is 59.2 Å². The summed E-state index contributed by atoms with van der Waals surface area (Å²) in [5.74, 6) is -0.212. The Hall–Kier alpha value is -2.66. The summed E-state index contributed by atoms with van der Waals surface area (Å²) in [6.07, 6.45) is 7.87. The second-order valence-electron chi connectivity index (χ2n) is 9.26. The van der Waals surface area contributed by atoms with E-state index in [1.807, 2.05) is 44.2 Å². The zero-order chi connectivity index (χ0) is 21.8. The van der Waals surface area contributed by atoms with Crippen LogP contribution in [0.5, 0.6) is 0 Å². The molecule has 4 rings (SSSR count). The molecule has 1 saturated carbocycles. The summed E-state index contributed by atoms with van der Waals surface area (Å²) in [5, 5.41) is 5.89. The van der Waals surface area contributed by atoms with Gasteiger partial charge in [-0.25, -0.2) is 0 Å². The zero-order valence-electron chi connectivity index (χ0n) is 18.5. The third-order valence-electron chi connectivity index (χ3n) is 6.70. The van der Waals surface area contributed by atoms with Gasteiger partial charge < -0.3 is 15.4 Å². The summed E-state index contributed by atoms with van der Waals surface area (Å²) >= 11 is 0. The average Bonchev–Trinajstić information content (AvgIpc) is 3.02. The van der Waals surface area contributed by atoms with E-state index in [9.17, 15) is 9.59 Å². The van der Waals surface area contributed by atoms with Crippen LogP contribution in [0.25, 0.3) is 0 Å². The number of benzene rings is 2. The summed E-state index contributed by atoms with van der Waals surface area (Å²) in [6.45, 7) is 4.65. The molecule has 2 aliphatic rings. The molecule has 1 aliphatic heterocycles. The van der Waals surface area contributed by atoms with Crippen LogP contribution >= 0.6 is 0 Å². The first kappa shape index (κ1) is 21.6. The maximum absolute atomic E-state index is 12.7. The van der Waals surface area contributed by atoms with Crippen molar-refractivity contribution < 1.29 is 14.3 Å². The van der Waals surface area contributed by atoms with Crippen LogP contribution in [-0.2, 0) is 9.53 Å². The lowest BCUT2D eigenvalue weighted by Crippen LogP contribution is -2.28. The van der Waals surface area contributed by atoms with Crippen molar-refractivity contribution in [2.45, 2.75) is 64.9 Å². The van der Waals surface area contributed by atoms with Crippen molar-refractivity contribution in [3.8, 4) is 0 Å². The number of hydrogen-bond donors (Lipinski definition) is 2. The minimum atomic E-state index is -0.373. The van der Waals surface area contributed by atoms with Crippen molar-refractivity contribution >= 4 is 23.2 Å². The summed E-state index contributed by atoms with van der Waals surface area (Å²) in [5.41, 5.74) is 4.33. The van der Waals surface area contributed by atoms with E-state index in [-0.39, 0.29) is 23.3 Å². The number of carbonyl (C=O) groups excluding carboxylic acids is 2. The molecule has 1 aliphatic carbocycles. The van der Waals surface area contributed by atoms with Crippen molar-refractivity contribution in [1.82, 2.24) is 0 Å². The van der Waals surface area contributed by atoms with E-state index in [0.717, 1.165) is 17.5 Å². The summed E-state index contributed by atoms with van der Waals surface area (Å²) < 4.78 is 5.91. The van der Waals surface area contributed by atoms with Gasteiger partial charge in [0.25, 0.3) is 11.8 Å². The third kappa shape index (κ3) is 5.16. The van der Waals surface area contributed by atoms with Crippen molar-refractivity contribution in [1.29, 1.82) is 0 Å². The zero-order valence-corrected chi connectivity index (χ0v) is 18.5. The predicted octanol–water partition coefficient (Wildman–Crippen LogP) is 5.62. The van der Waals surface area contributed by atoms with E-state index in [1.54, 1.807) is 12.1 Å². The first-order chi connectivity index (χ1) is 14.9. The number of amides is 2. The first-order valence-corrected chi connectivity index (χ1v) is 11.4. The maximum Gasteiger partial charge on any atom is 0.255 e. The largest absolute Gasteiger partial charge is 0.368 e. The Morgan fingerprint density at radius 3 is 2.19 bits per heavy atom. The molecule has 0 radical (unpaired) electrons. The van der Waals surface area contributed by atoms with Gasteiger partial charge in [0, 0.05) is 16.9 Å². The van der Waals surface area contributed by atoms with Crippen LogP contribution in [0.1, 0.15) is 66.4 Å². The lowest BCUT2D eigenvalue weighted by Gasteiger charge is -2.25. The van der Waals surface area contributed by atoms with Crippen molar-refractivity contribution in [3.63, 3.8) is 0 Å². The van der Waals surface area contributed by atoms with Crippen LogP contribution in [-0.4, -0.2) is 24.5 Å². The molecule has 164 valence electrons. The van der Waals surface area contributed by atoms with Gasteiger partial charge in [0.15, 0.2) is 0 Å².